The first-order chi connectivity index (χ1) is 20.3. The lowest BCUT2D eigenvalue weighted by molar-refractivity contribution is -0.904. The zero-order valence-electron chi connectivity index (χ0n) is 30.8. The molecule has 2 nitrogen and oxygen atoms in total. The van der Waals surface area contributed by atoms with Crippen molar-refractivity contribution in [2.24, 2.45) is 0 Å². The number of hydrogen-bond acceptors (Lipinski definition) is 0. The molecule has 0 unspecified atom stereocenters. The van der Waals surface area contributed by atoms with E-state index in [2.05, 4.69) is 66.3 Å². The van der Waals surface area contributed by atoms with Crippen LogP contribution in [0.5, 0.6) is 0 Å². The number of unbranched alkanes of at least 4 members (excludes halogenated alkanes) is 22. The monoisotopic (exact) mass is 657 g/mol. The third-order valence-corrected chi connectivity index (χ3v) is 9.48. The molecule has 1 aromatic rings. The number of nitrogens with zero attached hydrogens (tertiary/aromatic N) is 2. The molecule has 0 aliphatic rings. The maximum atomic E-state index is 2.42. The minimum Gasteiger partial charge on any atom is -1.00 e. The number of rotatable bonds is 30. The summed E-state index contributed by atoms with van der Waals surface area (Å²) in [5, 5.41) is 0. The molecule has 0 aromatic heterocycles. The van der Waals surface area contributed by atoms with Crippen LogP contribution in [0.4, 0.5) is 0 Å². The van der Waals surface area contributed by atoms with E-state index in [9.17, 15) is 0 Å². The highest BCUT2D eigenvalue weighted by molar-refractivity contribution is 5.21. The highest BCUT2D eigenvalue weighted by atomic mass is 35.5. The van der Waals surface area contributed by atoms with Gasteiger partial charge in [0.15, 0.2) is 0 Å². The summed E-state index contributed by atoms with van der Waals surface area (Å²) in [6.45, 7) is 9.49. The minimum atomic E-state index is 0. The summed E-state index contributed by atoms with van der Waals surface area (Å²) in [5.74, 6) is 0. The second kappa shape index (κ2) is 30.1. The van der Waals surface area contributed by atoms with Crippen LogP contribution in [-0.2, 0) is 13.1 Å². The standard InChI is InChI=1S/C40H78N2.2ClH/c1-7-9-11-13-15-17-19-21-23-25-27-29-35-41(3,4)37-39-31-33-40(34-32-39)38-42(5,6)36-30-28-26-24-22-20-18-16-14-12-10-8-2;;/h31-34H,7-30,35-38H2,1-6H3;2*1H/q+2;;/p-2. The largest absolute Gasteiger partial charge is 1.00 e. The van der Waals surface area contributed by atoms with Gasteiger partial charge in [-0.25, -0.2) is 0 Å². The molecule has 0 bridgehead atoms. The van der Waals surface area contributed by atoms with Crippen LogP contribution < -0.4 is 24.8 Å². The second-order valence-corrected chi connectivity index (χ2v) is 15.2. The molecule has 0 amide bonds. The fourth-order valence-electron chi connectivity index (χ4n) is 6.66. The molecule has 1 aromatic carbocycles. The Balaban J connectivity index is 0. The summed E-state index contributed by atoms with van der Waals surface area (Å²) < 4.78 is 2.22. The number of hydrogen-bond donors (Lipinski definition) is 0. The highest BCUT2D eigenvalue weighted by Crippen LogP contribution is 2.18. The van der Waals surface area contributed by atoms with Gasteiger partial charge in [0.05, 0.1) is 41.3 Å². The molecule has 0 aliphatic carbocycles. The van der Waals surface area contributed by atoms with Gasteiger partial charge in [0.25, 0.3) is 0 Å². The topological polar surface area (TPSA) is 0 Å². The molecule has 0 saturated carbocycles. The molecule has 0 aliphatic heterocycles. The molecule has 0 radical (unpaired) electrons. The second-order valence-electron chi connectivity index (χ2n) is 15.2. The number of halogens is 2. The van der Waals surface area contributed by atoms with Gasteiger partial charge < -0.3 is 33.8 Å². The van der Waals surface area contributed by atoms with Crippen molar-refractivity contribution in [1.82, 2.24) is 0 Å². The third-order valence-electron chi connectivity index (χ3n) is 9.48. The summed E-state index contributed by atoms with van der Waals surface area (Å²) in [5.41, 5.74) is 2.99. The van der Waals surface area contributed by atoms with Crippen LogP contribution in [0.1, 0.15) is 179 Å². The van der Waals surface area contributed by atoms with Gasteiger partial charge in [-0.05, 0) is 25.7 Å². The van der Waals surface area contributed by atoms with E-state index < -0.39 is 0 Å². The molecule has 0 heterocycles. The van der Waals surface area contributed by atoms with Gasteiger partial charge in [0.1, 0.15) is 13.1 Å². The van der Waals surface area contributed by atoms with Crippen molar-refractivity contribution in [3.05, 3.63) is 35.4 Å². The maximum absolute atomic E-state index is 2.42. The Bertz CT molecular complexity index is 656. The molecule has 1 rings (SSSR count). The summed E-state index contributed by atoms with van der Waals surface area (Å²) >= 11 is 0. The van der Waals surface area contributed by atoms with Gasteiger partial charge in [-0.3, -0.25) is 0 Å². The van der Waals surface area contributed by atoms with Gasteiger partial charge >= 0.3 is 0 Å². The Labute approximate surface area is 290 Å². The van der Waals surface area contributed by atoms with E-state index in [1.807, 2.05) is 0 Å². The fourth-order valence-corrected chi connectivity index (χ4v) is 6.66. The van der Waals surface area contributed by atoms with Crippen molar-refractivity contribution in [1.29, 1.82) is 0 Å². The van der Waals surface area contributed by atoms with Crippen molar-refractivity contribution in [2.75, 3.05) is 41.3 Å². The zero-order chi connectivity index (χ0) is 30.8. The van der Waals surface area contributed by atoms with Crippen LogP contribution in [0.2, 0.25) is 0 Å². The van der Waals surface area contributed by atoms with E-state index in [0.717, 1.165) is 22.1 Å². The molecule has 0 atom stereocenters. The summed E-state index contributed by atoms with van der Waals surface area (Å²) in [6, 6.07) is 9.62. The molecular weight excluding hydrogens is 579 g/mol. The first kappa shape index (κ1) is 45.8. The molecule has 4 heteroatoms. The third kappa shape index (κ3) is 28.0. The molecular formula is C40H78Cl2N2. The van der Waals surface area contributed by atoms with E-state index in [1.165, 1.54) is 178 Å². The fraction of sp³-hybridized carbons (Fsp3) is 0.850. The Morgan fingerprint density at radius 2 is 0.545 bits per heavy atom. The average molecular weight is 658 g/mol. The van der Waals surface area contributed by atoms with Crippen molar-refractivity contribution in [3.8, 4) is 0 Å². The van der Waals surface area contributed by atoms with E-state index in [-0.39, 0.29) is 24.8 Å². The maximum Gasteiger partial charge on any atom is 0.104 e. The van der Waals surface area contributed by atoms with Gasteiger partial charge in [-0.1, -0.05) is 167 Å². The number of quaternary nitrogens is 2. The van der Waals surface area contributed by atoms with Gasteiger partial charge in [-0.15, -0.1) is 0 Å². The van der Waals surface area contributed by atoms with Gasteiger partial charge in [-0.2, -0.15) is 0 Å². The van der Waals surface area contributed by atoms with Crippen LogP contribution in [-0.4, -0.2) is 50.2 Å². The molecule has 0 fully saturated rings. The minimum absolute atomic E-state index is 0. The first-order valence-electron chi connectivity index (χ1n) is 19.0. The van der Waals surface area contributed by atoms with Gasteiger partial charge in [0.2, 0.25) is 0 Å². The smallest absolute Gasteiger partial charge is 0.104 e. The molecule has 262 valence electrons. The van der Waals surface area contributed by atoms with Crippen LogP contribution >= 0.6 is 0 Å². The van der Waals surface area contributed by atoms with Crippen LogP contribution in [0.3, 0.4) is 0 Å². The summed E-state index contributed by atoms with van der Waals surface area (Å²) in [6.07, 6.45) is 34.3. The molecule has 0 N–H and O–H groups in total. The summed E-state index contributed by atoms with van der Waals surface area (Å²) in [4.78, 5) is 0. The van der Waals surface area contributed by atoms with Crippen LogP contribution in [0.15, 0.2) is 24.3 Å². The molecule has 44 heavy (non-hydrogen) atoms. The Morgan fingerprint density at radius 3 is 0.773 bits per heavy atom. The lowest BCUT2D eigenvalue weighted by Gasteiger charge is -2.31. The first-order valence-corrected chi connectivity index (χ1v) is 19.0. The SMILES string of the molecule is CCCCCCCCCCCCCC[N+](C)(C)Cc1ccc(C[N+](C)(C)CCCCCCCCCCCCCC)cc1.[Cl-].[Cl-]. The number of benzene rings is 1. The lowest BCUT2D eigenvalue weighted by Crippen LogP contribution is -3.00. The Morgan fingerprint density at radius 1 is 0.341 bits per heavy atom. The highest BCUT2D eigenvalue weighted by Gasteiger charge is 2.18. The van der Waals surface area contributed by atoms with E-state index in [4.69, 9.17) is 0 Å². The lowest BCUT2D eigenvalue weighted by atomic mass is 10.0. The Kier molecular flexibility index (Phi) is 31.3. The predicted octanol–water partition coefficient (Wildman–Crippen LogP) is 6.25. The quantitative estimate of drug-likeness (QED) is 0.0678. The van der Waals surface area contributed by atoms with Crippen LogP contribution in [0.25, 0.3) is 0 Å². The molecule has 0 spiro atoms. The predicted molar refractivity (Wildman–Crippen MR) is 190 cm³/mol. The summed E-state index contributed by atoms with van der Waals surface area (Å²) in [7, 11) is 9.67. The van der Waals surface area contributed by atoms with E-state index >= 15 is 0 Å². The average Bonchev–Trinajstić information content (AvgIpc) is 2.95. The van der Waals surface area contributed by atoms with Crippen molar-refractivity contribution < 1.29 is 33.8 Å². The van der Waals surface area contributed by atoms with Crippen molar-refractivity contribution >= 4 is 0 Å². The van der Waals surface area contributed by atoms with E-state index in [0.29, 0.717) is 0 Å². The van der Waals surface area contributed by atoms with Gasteiger partial charge in [0, 0.05) is 11.1 Å². The molecule has 0 saturated heterocycles. The zero-order valence-corrected chi connectivity index (χ0v) is 32.3. The Hall–Kier alpha value is -0.280. The van der Waals surface area contributed by atoms with Crippen molar-refractivity contribution in [3.63, 3.8) is 0 Å². The van der Waals surface area contributed by atoms with Crippen molar-refractivity contribution in [2.45, 2.75) is 181 Å². The van der Waals surface area contributed by atoms with Crippen LogP contribution in [0, 0.1) is 0 Å². The normalized spacial score (nSPS) is 11.8. The van der Waals surface area contributed by atoms with E-state index in [1.54, 1.807) is 0 Å².